The Balaban J connectivity index is 1.74. The number of sulfonamides is 1. The van der Waals surface area contributed by atoms with E-state index in [0.29, 0.717) is 30.8 Å². The van der Waals surface area contributed by atoms with Crippen LogP contribution in [0.5, 0.6) is 5.75 Å². The summed E-state index contributed by atoms with van der Waals surface area (Å²) in [5.74, 6) is 0.520. The molecule has 0 bridgehead atoms. The highest BCUT2D eigenvalue weighted by Gasteiger charge is 2.26. The Labute approximate surface area is 147 Å². The third kappa shape index (κ3) is 3.61. The maximum atomic E-state index is 12.4. The molecular weight excluding hydrogens is 340 g/mol. The number of para-hydroxylation sites is 1. The van der Waals surface area contributed by atoms with Gasteiger partial charge in [-0.2, -0.15) is 0 Å². The SMILES string of the molecule is COc1ccccc1CNC(=O)c1ccc2c(c1)CCN2S(C)(=O)=O. The fourth-order valence-electron chi connectivity index (χ4n) is 2.98. The summed E-state index contributed by atoms with van der Waals surface area (Å²) in [6.45, 7) is 0.774. The zero-order valence-electron chi connectivity index (χ0n) is 14.2. The number of amides is 1. The van der Waals surface area contributed by atoms with Crippen LogP contribution in [-0.4, -0.2) is 34.2 Å². The van der Waals surface area contributed by atoms with Crippen molar-refractivity contribution in [3.63, 3.8) is 0 Å². The highest BCUT2D eigenvalue weighted by molar-refractivity contribution is 7.92. The second-order valence-corrected chi connectivity index (χ2v) is 7.83. The van der Waals surface area contributed by atoms with Crippen molar-refractivity contribution in [2.75, 3.05) is 24.2 Å². The summed E-state index contributed by atoms with van der Waals surface area (Å²) >= 11 is 0. The van der Waals surface area contributed by atoms with Crippen molar-refractivity contribution >= 4 is 21.6 Å². The highest BCUT2D eigenvalue weighted by atomic mass is 32.2. The third-order valence-corrected chi connectivity index (χ3v) is 5.41. The maximum absolute atomic E-state index is 12.4. The van der Waals surface area contributed by atoms with Gasteiger partial charge in [-0.25, -0.2) is 8.42 Å². The summed E-state index contributed by atoms with van der Waals surface area (Å²) in [5, 5.41) is 2.87. The number of benzene rings is 2. The predicted octanol–water partition coefficient (Wildman–Crippen LogP) is 1.95. The number of carbonyl (C=O) groups is 1. The standard InChI is InChI=1S/C18H20N2O4S/c1-24-17-6-4-3-5-15(17)12-19-18(21)14-7-8-16-13(11-14)9-10-20(16)25(2,22)23/h3-8,11H,9-10,12H2,1-2H3,(H,19,21). The molecule has 0 fully saturated rings. The summed E-state index contributed by atoms with van der Waals surface area (Å²) in [7, 11) is -1.69. The molecule has 0 aliphatic carbocycles. The van der Waals surface area contributed by atoms with Crippen molar-refractivity contribution < 1.29 is 17.9 Å². The predicted molar refractivity (Wildman–Crippen MR) is 96.5 cm³/mol. The smallest absolute Gasteiger partial charge is 0.251 e. The van der Waals surface area contributed by atoms with E-state index < -0.39 is 10.0 Å². The number of anilines is 1. The van der Waals surface area contributed by atoms with E-state index in [9.17, 15) is 13.2 Å². The molecule has 0 spiro atoms. The van der Waals surface area contributed by atoms with Gasteiger partial charge in [0.2, 0.25) is 10.0 Å². The van der Waals surface area contributed by atoms with Crippen LogP contribution in [0, 0.1) is 0 Å². The molecule has 0 atom stereocenters. The minimum Gasteiger partial charge on any atom is -0.496 e. The van der Waals surface area contributed by atoms with E-state index in [2.05, 4.69) is 5.32 Å². The summed E-state index contributed by atoms with van der Waals surface area (Å²) in [4.78, 5) is 12.4. The topological polar surface area (TPSA) is 75.7 Å². The van der Waals surface area contributed by atoms with Gasteiger partial charge in [-0.1, -0.05) is 18.2 Å². The molecule has 3 rings (SSSR count). The molecule has 0 unspecified atom stereocenters. The molecule has 1 aliphatic rings. The van der Waals surface area contributed by atoms with Crippen LogP contribution in [0.15, 0.2) is 42.5 Å². The van der Waals surface area contributed by atoms with E-state index in [4.69, 9.17) is 4.74 Å². The summed E-state index contributed by atoms with van der Waals surface area (Å²) in [5.41, 5.74) is 2.94. The molecule has 0 aromatic heterocycles. The Bertz CT molecular complexity index is 909. The van der Waals surface area contributed by atoms with Crippen molar-refractivity contribution in [3.8, 4) is 5.75 Å². The third-order valence-electron chi connectivity index (χ3n) is 4.23. The van der Waals surface area contributed by atoms with Crippen molar-refractivity contribution in [1.29, 1.82) is 0 Å². The molecule has 6 nitrogen and oxygen atoms in total. The normalized spacial score (nSPS) is 13.4. The second kappa shape index (κ2) is 6.76. The molecule has 0 saturated heterocycles. The molecular formula is C18H20N2O4S. The van der Waals surface area contributed by atoms with Gasteiger partial charge in [0.25, 0.3) is 5.91 Å². The van der Waals surface area contributed by atoms with Crippen molar-refractivity contribution in [1.82, 2.24) is 5.32 Å². The largest absolute Gasteiger partial charge is 0.496 e. The van der Waals surface area contributed by atoms with E-state index in [0.717, 1.165) is 16.9 Å². The Morgan fingerprint density at radius 2 is 2.00 bits per heavy atom. The zero-order chi connectivity index (χ0) is 18.0. The second-order valence-electron chi connectivity index (χ2n) is 5.92. The van der Waals surface area contributed by atoms with Crippen LogP contribution >= 0.6 is 0 Å². The molecule has 132 valence electrons. The Morgan fingerprint density at radius 3 is 2.72 bits per heavy atom. The van der Waals surface area contributed by atoms with E-state index in [-0.39, 0.29) is 5.91 Å². The van der Waals surface area contributed by atoms with Crippen LogP contribution in [0.3, 0.4) is 0 Å². The van der Waals surface area contributed by atoms with Crippen LogP contribution in [-0.2, 0) is 23.0 Å². The monoisotopic (exact) mass is 360 g/mol. The van der Waals surface area contributed by atoms with Crippen LogP contribution in [0.25, 0.3) is 0 Å². The van der Waals surface area contributed by atoms with Crippen molar-refractivity contribution in [2.24, 2.45) is 0 Å². The van der Waals surface area contributed by atoms with Gasteiger partial charge >= 0.3 is 0 Å². The Morgan fingerprint density at radius 1 is 1.24 bits per heavy atom. The molecule has 25 heavy (non-hydrogen) atoms. The number of nitrogens with one attached hydrogen (secondary N) is 1. The first kappa shape index (κ1) is 17.3. The molecule has 1 amide bonds. The first-order valence-electron chi connectivity index (χ1n) is 7.91. The number of hydrogen-bond acceptors (Lipinski definition) is 4. The lowest BCUT2D eigenvalue weighted by molar-refractivity contribution is 0.0950. The number of hydrogen-bond donors (Lipinski definition) is 1. The molecule has 1 heterocycles. The number of nitrogens with zero attached hydrogens (tertiary/aromatic N) is 1. The maximum Gasteiger partial charge on any atom is 0.251 e. The summed E-state index contributed by atoms with van der Waals surface area (Å²) in [6, 6.07) is 12.6. The Kier molecular flexibility index (Phi) is 4.67. The average molecular weight is 360 g/mol. The van der Waals surface area contributed by atoms with Crippen LogP contribution in [0.4, 0.5) is 5.69 Å². The highest BCUT2D eigenvalue weighted by Crippen LogP contribution is 2.30. The van der Waals surface area contributed by atoms with Gasteiger partial charge in [0.05, 0.1) is 19.1 Å². The van der Waals surface area contributed by atoms with E-state index in [1.165, 1.54) is 10.6 Å². The van der Waals surface area contributed by atoms with Gasteiger partial charge in [0.1, 0.15) is 5.75 Å². The number of carbonyl (C=O) groups excluding carboxylic acids is 1. The van der Waals surface area contributed by atoms with E-state index in [1.807, 2.05) is 24.3 Å². The van der Waals surface area contributed by atoms with Gasteiger partial charge in [0.15, 0.2) is 0 Å². The number of ether oxygens (including phenoxy) is 1. The number of rotatable bonds is 5. The van der Waals surface area contributed by atoms with Crippen LogP contribution in [0.2, 0.25) is 0 Å². The Hall–Kier alpha value is -2.54. The van der Waals surface area contributed by atoms with Crippen molar-refractivity contribution in [2.45, 2.75) is 13.0 Å². The fraction of sp³-hybridized carbons (Fsp3) is 0.278. The lowest BCUT2D eigenvalue weighted by Crippen LogP contribution is -2.27. The molecule has 2 aromatic carbocycles. The lowest BCUT2D eigenvalue weighted by Gasteiger charge is -2.16. The molecule has 1 N–H and O–H groups in total. The van der Waals surface area contributed by atoms with Gasteiger partial charge in [-0.05, 0) is 36.2 Å². The average Bonchev–Trinajstić information content (AvgIpc) is 3.03. The molecule has 0 saturated carbocycles. The molecule has 2 aromatic rings. The zero-order valence-corrected chi connectivity index (χ0v) is 15.0. The van der Waals surface area contributed by atoms with Gasteiger partial charge in [-0.3, -0.25) is 9.10 Å². The number of fused-ring (bicyclic) bond motifs is 1. The minimum atomic E-state index is -3.28. The fourth-order valence-corrected chi connectivity index (χ4v) is 3.94. The lowest BCUT2D eigenvalue weighted by atomic mass is 10.1. The van der Waals surface area contributed by atoms with Gasteiger partial charge in [0, 0.05) is 24.2 Å². The first-order valence-corrected chi connectivity index (χ1v) is 9.75. The minimum absolute atomic E-state index is 0.202. The first-order chi connectivity index (χ1) is 11.9. The van der Waals surface area contributed by atoms with E-state index >= 15 is 0 Å². The van der Waals surface area contributed by atoms with E-state index in [1.54, 1.807) is 25.3 Å². The van der Waals surface area contributed by atoms with Crippen LogP contribution < -0.4 is 14.4 Å². The molecule has 1 aliphatic heterocycles. The quantitative estimate of drug-likeness (QED) is 0.884. The molecule has 7 heteroatoms. The summed E-state index contributed by atoms with van der Waals surface area (Å²) < 4.78 is 30.2. The summed E-state index contributed by atoms with van der Waals surface area (Å²) in [6.07, 6.45) is 1.80. The number of methoxy groups -OCH3 is 1. The molecule has 0 radical (unpaired) electrons. The van der Waals surface area contributed by atoms with Crippen molar-refractivity contribution in [3.05, 3.63) is 59.2 Å². The van der Waals surface area contributed by atoms with Gasteiger partial charge in [-0.15, -0.1) is 0 Å². The van der Waals surface area contributed by atoms with Crippen LogP contribution in [0.1, 0.15) is 21.5 Å². The van der Waals surface area contributed by atoms with Gasteiger partial charge < -0.3 is 10.1 Å².